The van der Waals surface area contributed by atoms with Gasteiger partial charge in [0, 0.05) is 11.1 Å². The number of fused-ring (bicyclic) bond motifs is 1. The first-order chi connectivity index (χ1) is 8.86. The quantitative estimate of drug-likeness (QED) is 0.794. The molecular weight excluding hydrogens is 224 g/mol. The van der Waals surface area contributed by atoms with Gasteiger partial charge in [-0.25, -0.2) is 0 Å². The van der Waals surface area contributed by atoms with Gasteiger partial charge in [0.2, 0.25) is 0 Å². The Balaban J connectivity index is 1.91. The summed E-state index contributed by atoms with van der Waals surface area (Å²) in [6.07, 6.45) is 2.98. The van der Waals surface area contributed by atoms with E-state index < -0.39 is 0 Å². The molecule has 1 aliphatic heterocycles. The molecule has 0 bridgehead atoms. The molecule has 0 N–H and O–H groups in total. The number of rotatable bonds is 2. The minimum atomic E-state index is 0.869. The van der Waals surface area contributed by atoms with E-state index >= 15 is 0 Å². The van der Waals surface area contributed by atoms with E-state index in [9.17, 15) is 0 Å². The standard InChI is InChI=1S/C16H14O2/c1-17-14-8-10-16-13(11-14)7-9-15(18-16)12-5-3-2-4-6-12/h2-6,8-11H,7H2,1H3. The lowest BCUT2D eigenvalue weighted by Crippen LogP contribution is -2.04. The molecule has 2 aromatic carbocycles. The van der Waals surface area contributed by atoms with E-state index in [0.29, 0.717) is 0 Å². The molecule has 2 aromatic rings. The molecule has 1 heterocycles. The SMILES string of the molecule is COc1ccc2c(c1)CC=C(c1ccccc1)O2. The zero-order chi connectivity index (χ0) is 12.4. The summed E-state index contributed by atoms with van der Waals surface area (Å²) in [5.74, 6) is 2.71. The second-order valence-corrected chi connectivity index (χ2v) is 4.21. The van der Waals surface area contributed by atoms with Gasteiger partial charge in [0.25, 0.3) is 0 Å². The highest BCUT2D eigenvalue weighted by Gasteiger charge is 2.14. The molecular formula is C16H14O2. The lowest BCUT2D eigenvalue weighted by molar-refractivity contribution is 0.412. The van der Waals surface area contributed by atoms with E-state index in [1.165, 1.54) is 0 Å². The Hall–Kier alpha value is -2.22. The van der Waals surface area contributed by atoms with Crippen LogP contribution < -0.4 is 9.47 Å². The summed E-state index contributed by atoms with van der Waals surface area (Å²) in [6, 6.07) is 16.1. The topological polar surface area (TPSA) is 18.5 Å². The molecule has 18 heavy (non-hydrogen) atoms. The van der Waals surface area contributed by atoms with Crippen LogP contribution in [-0.2, 0) is 6.42 Å². The number of hydrogen-bond acceptors (Lipinski definition) is 2. The molecule has 0 saturated heterocycles. The van der Waals surface area contributed by atoms with Gasteiger partial charge in [0.05, 0.1) is 7.11 Å². The van der Waals surface area contributed by atoms with Gasteiger partial charge >= 0.3 is 0 Å². The molecule has 0 fully saturated rings. The number of allylic oxidation sites excluding steroid dienone is 1. The number of hydrogen-bond donors (Lipinski definition) is 0. The van der Waals surface area contributed by atoms with Crippen LogP contribution in [0.5, 0.6) is 11.5 Å². The highest BCUT2D eigenvalue weighted by atomic mass is 16.5. The van der Waals surface area contributed by atoms with Gasteiger partial charge in [-0.15, -0.1) is 0 Å². The fraction of sp³-hybridized carbons (Fsp3) is 0.125. The fourth-order valence-electron chi connectivity index (χ4n) is 2.08. The summed E-state index contributed by atoms with van der Waals surface area (Å²) >= 11 is 0. The minimum Gasteiger partial charge on any atom is -0.497 e. The smallest absolute Gasteiger partial charge is 0.131 e. The Morgan fingerprint density at radius 3 is 2.67 bits per heavy atom. The lowest BCUT2D eigenvalue weighted by Gasteiger charge is -2.19. The summed E-state index contributed by atoms with van der Waals surface area (Å²) in [5, 5.41) is 0. The summed E-state index contributed by atoms with van der Waals surface area (Å²) in [5.41, 5.74) is 2.27. The first-order valence-corrected chi connectivity index (χ1v) is 5.97. The number of benzene rings is 2. The molecule has 0 atom stereocenters. The van der Waals surface area contributed by atoms with Crippen LogP contribution in [0.1, 0.15) is 11.1 Å². The van der Waals surface area contributed by atoms with Gasteiger partial charge in [0.1, 0.15) is 17.3 Å². The monoisotopic (exact) mass is 238 g/mol. The predicted molar refractivity (Wildman–Crippen MR) is 71.7 cm³/mol. The third-order valence-corrected chi connectivity index (χ3v) is 3.05. The lowest BCUT2D eigenvalue weighted by atomic mass is 10.0. The average Bonchev–Trinajstić information content (AvgIpc) is 2.47. The molecule has 0 aromatic heterocycles. The van der Waals surface area contributed by atoms with Gasteiger partial charge in [-0.05, 0) is 30.7 Å². The first kappa shape index (κ1) is 10.9. The highest BCUT2D eigenvalue weighted by Crippen LogP contribution is 2.32. The average molecular weight is 238 g/mol. The van der Waals surface area contributed by atoms with Crippen molar-refractivity contribution in [2.75, 3.05) is 7.11 Å². The van der Waals surface area contributed by atoms with Gasteiger partial charge in [-0.2, -0.15) is 0 Å². The minimum absolute atomic E-state index is 0.869. The number of methoxy groups -OCH3 is 1. The molecule has 90 valence electrons. The summed E-state index contributed by atoms with van der Waals surface area (Å²) in [7, 11) is 1.68. The van der Waals surface area contributed by atoms with E-state index in [-0.39, 0.29) is 0 Å². The Bertz CT molecular complexity index is 585. The Kier molecular flexibility index (Phi) is 2.77. The maximum atomic E-state index is 5.92. The molecule has 3 rings (SSSR count). The number of ether oxygens (including phenoxy) is 2. The maximum absolute atomic E-state index is 5.92. The molecule has 0 amide bonds. The van der Waals surface area contributed by atoms with Gasteiger partial charge in [-0.3, -0.25) is 0 Å². The fourth-order valence-corrected chi connectivity index (χ4v) is 2.08. The first-order valence-electron chi connectivity index (χ1n) is 5.97. The Labute approximate surface area is 106 Å². The molecule has 0 saturated carbocycles. The van der Waals surface area contributed by atoms with Crippen molar-refractivity contribution < 1.29 is 9.47 Å². The second kappa shape index (κ2) is 4.57. The zero-order valence-electron chi connectivity index (χ0n) is 10.2. The van der Waals surface area contributed by atoms with Crippen LogP contribution in [-0.4, -0.2) is 7.11 Å². The van der Waals surface area contributed by atoms with Crippen LogP contribution >= 0.6 is 0 Å². The van der Waals surface area contributed by atoms with Crippen molar-refractivity contribution in [1.82, 2.24) is 0 Å². The second-order valence-electron chi connectivity index (χ2n) is 4.21. The van der Waals surface area contributed by atoms with Crippen molar-refractivity contribution in [2.45, 2.75) is 6.42 Å². The van der Waals surface area contributed by atoms with Gasteiger partial charge in [0.15, 0.2) is 0 Å². The van der Waals surface area contributed by atoms with Crippen molar-refractivity contribution >= 4 is 5.76 Å². The van der Waals surface area contributed by atoms with Crippen LogP contribution in [0.2, 0.25) is 0 Å². The largest absolute Gasteiger partial charge is 0.497 e. The molecule has 2 nitrogen and oxygen atoms in total. The summed E-state index contributed by atoms with van der Waals surface area (Å²) in [6.45, 7) is 0. The maximum Gasteiger partial charge on any atom is 0.131 e. The van der Waals surface area contributed by atoms with Crippen LogP contribution in [0.4, 0.5) is 0 Å². The highest BCUT2D eigenvalue weighted by molar-refractivity contribution is 5.65. The Morgan fingerprint density at radius 1 is 1.06 bits per heavy atom. The third-order valence-electron chi connectivity index (χ3n) is 3.05. The third kappa shape index (κ3) is 1.97. The normalized spacial score (nSPS) is 13.3. The predicted octanol–water partition coefficient (Wildman–Crippen LogP) is 3.67. The van der Waals surface area contributed by atoms with Crippen molar-refractivity contribution in [2.24, 2.45) is 0 Å². The van der Waals surface area contributed by atoms with Crippen LogP contribution in [0.25, 0.3) is 5.76 Å². The molecule has 0 unspecified atom stereocenters. The zero-order valence-corrected chi connectivity index (χ0v) is 10.2. The van der Waals surface area contributed by atoms with Gasteiger partial charge in [-0.1, -0.05) is 30.3 Å². The van der Waals surface area contributed by atoms with E-state index in [4.69, 9.17) is 9.47 Å². The van der Waals surface area contributed by atoms with Crippen LogP contribution in [0.15, 0.2) is 54.6 Å². The van der Waals surface area contributed by atoms with E-state index in [2.05, 4.69) is 18.2 Å². The van der Waals surface area contributed by atoms with Gasteiger partial charge < -0.3 is 9.47 Å². The van der Waals surface area contributed by atoms with Crippen LogP contribution in [0.3, 0.4) is 0 Å². The Morgan fingerprint density at radius 2 is 1.89 bits per heavy atom. The van der Waals surface area contributed by atoms with E-state index in [1.54, 1.807) is 7.11 Å². The molecule has 0 aliphatic carbocycles. The van der Waals surface area contributed by atoms with Crippen molar-refractivity contribution in [3.63, 3.8) is 0 Å². The van der Waals surface area contributed by atoms with Crippen molar-refractivity contribution in [3.8, 4) is 11.5 Å². The van der Waals surface area contributed by atoms with E-state index in [0.717, 1.165) is 34.8 Å². The molecule has 2 heteroatoms. The van der Waals surface area contributed by atoms with Crippen LogP contribution in [0, 0.1) is 0 Å². The summed E-state index contributed by atoms with van der Waals surface area (Å²) in [4.78, 5) is 0. The molecule has 1 aliphatic rings. The van der Waals surface area contributed by atoms with Crippen molar-refractivity contribution in [1.29, 1.82) is 0 Å². The van der Waals surface area contributed by atoms with E-state index in [1.807, 2.05) is 36.4 Å². The molecule has 0 spiro atoms. The summed E-state index contributed by atoms with van der Waals surface area (Å²) < 4.78 is 11.1. The molecule has 0 radical (unpaired) electrons. The van der Waals surface area contributed by atoms with Crippen molar-refractivity contribution in [3.05, 3.63) is 65.7 Å².